The Morgan fingerprint density at radius 1 is 1.21 bits per heavy atom. The second-order valence-corrected chi connectivity index (χ2v) is 9.41. The molecule has 0 amide bonds. The molecule has 5 atom stereocenters. The van der Waals surface area contributed by atoms with E-state index in [0.717, 1.165) is 31.4 Å². The van der Waals surface area contributed by atoms with Gasteiger partial charge in [-0.3, -0.25) is 4.79 Å². The summed E-state index contributed by atoms with van der Waals surface area (Å²) in [5.74, 6) is 3.94. The molecule has 0 N–H and O–H groups in total. The van der Waals surface area contributed by atoms with Crippen LogP contribution in [0, 0.1) is 28.6 Å². The fourth-order valence-corrected chi connectivity index (χ4v) is 6.48. The normalized spacial score (nSPS) is 39.8. The van der Waals surface area contributed by atoms with Crippen LogP contribution in [0.15, 0.2) is 18.2 Å². The molecule has 3 aliphatic rings. The van der Waals surface area contributed by atoms with Gasteiger partial charge in [-0.2, -0.15) is 0 Å². The highest BCUT2D eigenvalue weighted by molar-refractivity contribution is 5.92. The van der Waals surface area contributed by atoms with Gasteiger partial charge in [-0.15, -0.1) is 0 Å². The molecule has 4 rings (SSSR count). The molecular formula is C22H30O2. The number of hydrogen-bond acceptors (Lipinski definition) is 2. The van der Waals surface area contributed by atoms with Gasteiger partial charge >= 0.3 is 0 Å². The van der Waals surface area contributed by atoms with Crippen LogP contribution in [0.2, 0.25) is 0 Å². The molecule has 24 heavy (non-hydrogen) atoms. The van der Waals surface area contributed by atoms with E-state index in [-0.39, 0.29) is 10.8 Å². The number of carbonyl (C=O) groups excluding carboxylic acids is 1. The molecule has 0 heterocycles. The number of ether oxygens (including phenoxy) is 1. The molecule has 130 valence electrons. The SMILES string of the molecule is COc1ccc2c(c1)C[C@@H](C)[C@@H]1[C@@H]2CC[C@]2(C)C(=O)C(C)(C)C[C@H]12. The Bertz CT molecular complexity index is 689. The van der Waals surface area contributed by atoms with Crippen molar-refractivity contribution < 1.29 is 9.53 Å². The van der Waals surface area contributed by atoms with Crippen molar-refractivity contribution in [2.75, 3.05) is 7.11 Å². The summed E-state index contributed by atoms with van der Waals surface area (Å²) in [4.78, 5) is 13.1. The Labute approximate surface area is 146 Å². The Morgan fingerprint density at radius 3 is 2.67 bits per heavy atom. The molecule has 0 aliphatic heterocycles. The van der Waals surface area contributed by atoms with Crippen molar-refractivity contribution in [3.63, 3.8) is 0 Å². The van der Waals surface area contributed by atoms with Gasteiger partial charge in [0.05, 0.1) is 7.11 Å². The summed E-state index contributed by atoms with van der Waals surface area (Å²) >= 11 is 0. The zero-order valence-electron chi connectivity index (χ0n) is 15.7. The number of ketones is 1. The Kier molecular flexibility index (Phi) is 3.43. The van der Waals surface area contributed by atoms with E-state index in [1.54, 1.807) is 7.11 Å². The van der Waals surface area contributed by atoms with E-state index in [2.05, 4.69) is 45.9 Å². The minimum absolute atomic E-state index is 0.0943. The van der Waals surface area contributed by atoms with Crippen molar-refractivity contribution in [3.05, 3.63) is 29.3 Å². The second-order valence-electron chi connectivity index (χ2n) is 9.41. The van der Waals surface area contributed by atoms with Crippen LogP contribution >= 0.6 is 0 Å². The Hall–Kier alpha value is -1.31. The van der Waals surface area contributed by atoms with Crippen molar-refractivity contribution in [2.24, 2.45) is 28.6 Å². The molecule has 0 spiro atoms. The van der Waals surface area contributed by atoms with E-state index in [1.165, 1.54) is 11.1 Å². The predicted octanol–water partition coefficient (Wildman–Crippen LogP) is 5.00. The highest BCUT2D eigenvalue weighted by Gasteiger charge is 2.61. The molecule has 0 bridgehead atoms. The quantitative estimate of drug-likeness (QED) is 0.726. The zero-order chi connectivity index (χ0) is 17.3. The third-order valence-corrected chi connectivity index (χ3v) is 7.53. The third-order valence-electron chi connectivity index (χ3n) is 7.53. The summed E-state index contributed by atoms with van der Waals surface area (Å²) in [6.07, 6.45) is 4.40. The first-order valence-electron chi connectivity index (χ1n) is 9.49. The summed E-state index contributed by atoms with van der Waals surface area (Å²) in [6.45, 7) is 9.00. The van der Waals surface area contributed by atoms with Gasteiger partial charge < -0.3 is 4.74 Å². The van der Waals surface area contributed by atoms with Crippen molar-refractivity contribution in [2.45, 2.75) is 59.3 Å². The molecule has 2 nitrogen and oxygen atoms in total. The van der Waals surface area contributed by atoms with Crippen LogP contribution in [-0.4, -0.2) is 12.9 Å². The zero-order valence-corrected chi connectivity index (χ0v) is 15.7. The van der Waals surface area contributed by atoms with Gasteiger partial charge in [0.25, 0.3) is 0 Å². The van der Waals surface area contributed by atoms with Crippen LogP contribution in [0.5, 0.6) is 5.75 Å². The maximum absolute atomic E-state index is 13.1. The molecule has 0 saturated heterocycles. The van der Waals surface area contributed by atoms with E-state index in [4.69, 9.17) is 4.74 Å². The number of Topliss-reactive ketones (excluding diaryl/α,β-unsaturated/α-hetero) is 1. The van der Waals surface area contributed by atoms with Crippen LogP contribution in [0.3, 0.4) is 0 Å². The summed E-state index contributed by atoms with van der Waals surface area (Å²) in [6, 6.07) is 6.64. The maximum atomic E-state index is 13.1. The van der Waals surface area contributed by atoms with Gasteiger partial charge in [0.15, 0.2) is 0 Å². The van der Waals surface area contributed by atoms with Crippen molar-refractivity contribution in [1.82, 2.24) is 0 Å². The molecule has 2 heteroatoms. The van der Waals surface area contributed by atoms with Crippen molar-refractivity contribution >= 4 is 5.78 Å². The predicted molar refractivity (Wildman–Crippen MR) is 96.3 cm³/mol. The van der Waals surface area contributed by atoms with Gasteiger partial charge in [0.2, 0.25) is 0 Å². The van der Waals surface area contributed by atoms with E-state index in [0.29, 0.717) is 29.5 Å². The largest absolute Gasteiger partial charge is 0.497 e. The van der Waals surface area contributed by atoms with Gasteiger partial charge in [-0.05, 0) is 72.6 Å². The number of carbonyl (C=O) groups is 1. The van der Waals surface area contributed by atoms with Gasteiger partial charge in [0.1, 0.15) is 11.5 Å². The van der Waals surface area contributed by atoms with Crippen LogP contribution in [0.4, 0.5) is 0 Å². The average molecular weight is 326 g/mol. The maximum Gasteiger partial charge on any atom is 0.144 e. The fraction of sp³-hybridized carbons (Fsp3) is 0.682. The highest BCUT2D eigenvalue weighted by Crippen LogP contribution is 2.64. The van der Waals surface area contributed by atoms with E-state index in [9.17, 15) is 4.79 Å². The fourth-order valence-electron chi connectivity index (χ4n) is 6.48. The van der Waals surface area contributed by atoms with Gasteiger partial charge in [-0.25, -0.2) is 0 Å². The number of hydrogen-bond donors (Lipinski definition) is 0. The van der Waals surface area contributed by atoms with Crippen LogP contribution in [0.1, 0.15) is 64.0 Å². The van der Waals surface area contributed by atoms with Crippen LogP contribution in [0.25, 0.3) is 0 Å². The molecule has 3 aliphatic carbocycles. The molecule has 1 aromatic rings. The third kappa shape index (κ3) is 2.04. The lowest BCUT2D eigenvalue weighted by molar-refractivity contribution is -0.135. The molecule has 0 unspecified atom stereocenters. The Morgan fingerprint density at radius 2 is 1.96 bits per heavy atom. The lowest BCUT2D eigenvalue weighted by Crippen LogP contribution is -2.45. The molecule has 1 aromatic carbocycles. The first kappa shape index (κ1) is 16.2. The van der Waals surface area contributed by atoms with Crippen LogP contribution < -0.4 is 4.74 Å². The average Bonchev–Trinajstić information content (AvgIpc) is 2.73. The van der Waals surface area contributed by atoms with Crippen LogP contribution in [-0.2, 0) is 11.2 Å². The summed E-state index contributed by atoms with van der Waals surface area (Å²) in [5, 5.41) is 0. The minimum Gasteiger partial charge on any atom is -0.497 e. The molecular weight excluding hydrogens is 296 g/mol. The van der Waals surface area contributed by atoms with Crippen molar-refractivity contribution in [1.29, 1.82) is 0 Å². The number of fused-ring (bicyclic) bond motifs is 5. The number of benzene rings is 1. The second kappa shape index (κ2) is 5.09. The van der Waals surface area contributed by atoms with E-state index >= 15 is 0 Å². The molecule has 0 aromatic heterocycles. The van der Waals surface area contributed by atoms with Gasteiger partial charge in [0, 0.05) is 10.8 Å². The molecule has 2 fully saturated rings. The molecule has 2 saturated carbocycles. The summed E-state index contributed by atoms with van der Waals surface area (Å²) in [7, 11) is 1.75. The number of methoxy groups -OCH3 is 1. The first-order chi connectivity index (χ1) is 11.3. The highest BCUT2D eigenvalue weighted by atomic mass is 16.5. The molecule has 0 radical (unpaired) electrons. The lowest BCUT2D eigenvalue weighted by atomic mass is 9.53. The van der Waals surface area contributed by atoms with Crippen molar-refractivity contribution in [3.8, 4) is 5.75 Å². The lowest BCUT2D eigenvalue weighted by Gasteiger charge is -2.51. The Balaban J connectivity index is 1.76. The standard InChI is InChI=1S/C22H30O2/c1-13-10-14-11-15(24-5)6-7-16(14)17-8-9-22(4)18(19(13)17)12-21(2,3)20(22)23/h6-7,11,13,17-19H,8-10,12H2,1-5H3/t13-,17-,18-,19-,22+/m1/s1. The summed E-state index contributed by atoms with van der Waals surface area (Å²) in [5.41, 5.74) is 2.75. The monoisotopic (exact) mass is 326 g/mol. The smallest absolute Gasteiger partial charge is 0.144 e. The van der Waals surface area contributed by atoms with E-state index in [1.807, 2.05) is 0 Å². The summed E-state index contributed by atoms with van der Waals surface area (Å²) < 4.78 is 5.43. The first-order valence-corrected chi connectivity index (χ1v) is 9.49. The topological polar surface area (TPSA) is 26.3 Å². The minimum atomic E-state index is -0.145. The van der Waals surface area contributed by atoms with Gasteiger partial charge in [-0.1, -0.05) is 33.8 Å². The van der Waals surface area contributed by atoms with E-state index < -0.39 is 0 Å². The number of rotatable bonds is 1.